The molecule has 1 aliphatic carbocycles. The number of thiophene rings is 1. The average Bonchev–Trinajstić information content (AvgIpc) is 3.26. The number of nitrogens with zero attached hydrogens (tertiary/aromatic N) is 2. The Morgan fingerprint density at radius 2 is 1.86 bits per heavy atom. The third-order valence-electron chi connectivity index (χ3n) is 5.00. The van der Waals surface area contributed by atoms with Crippen LogP contribution in [0.4, 0.5) is 11.5 Å². The topological polar surface area (TPSA) is 37.8 Å². The number of rotatable bonds is 4. The molecule has 6 heteroatoms. The number of benzene rings is 2. The Bertz CT molecular complexity index is 1170. The fourth-order valence-corrected chi connectivity index (χ4v) is 5.33. The molecule has 0 radical (unpaired) electrons. The van der Waals surface area contributed by atoms with Gasteiger partial charge in [-0.25, -0.2) is 9.97 Å². The highest BCUT2D eigenvalue weighted by atomic mass is 35.5. The molecule has 0 saturated heterocycles. The summed E-state index contributed by atoms with van der Waals surface area (Å²) in [6.07, 6.45) is 4.09. The van der Waals surface area contributed by atoms with Crippen molar-refractivity contribution in [3.05, 3.63) is 80.4 Å². The minimum absolute atomic E-state index is 0.618. The molecule has 0 amide bonds. The molecule has 2 heterocycles. The van der Waals surface area contributed by atoms with Crippen LogP contribution in [0, 0.1) is 0 Å². The minimum Gasteiger partial charge on any atom is -0.338 e. The molecule has 3 nitrogen and oxygen atoms in total. The van der Waals surface area contributed by atoms with Gasteiger partial charge in [0.2, 0.25) is 0 Å². The second kappa shape index (κ2) is 7.36. The SMILES string of the molecule is Clc1ccc(Cl)c(Nc2nc(Cc3ccccc3)nc3sc4c(c23)CCC4)c1. The summed E-state index contributed by atoms with van der Waals surface area (Å²) in [5.41, 5.74) is 3.34. The number of fused-ring (bicyclic) bond motifs is 3. The van der Waals surface area contributed by atoms with E-state index in [9.17, 15) is 0 Å². The highest BCUT2D eigenvalue weighted by Crippen LogP contribution is 2.41. The molecule has 140 valence electrons. The van der Waals surface area contributed by atoms with Crippen LogP contribution in [0.5, 0.6) is 0 Å². The number of hydrogen-bond acceptors (Lipinski definition) is 4. The third-order valence-corrected chi connectivity index (χ3v) is 6.75. The van der Waals surface area contributed by atoms with Crippen molar-refractivity contribution in [2.75, 3.05) is 5.32 Å². The van der Waals surface area contributed by atoms with E-state index in [-0.39, 0.29) is 0 Å². The number of hydrogen-bond donors (Lipinski definition) is 1. The van der Waals surface area contributed by atoms with Crippen molar-refractivity contribution in [2.45, 2.75) is 25.7 Å². The molecule has 1 N–H and O–H groups in total. The number of halogens is 2. The van der Waals surface area contributed by atoms with E-state index in [4.69, 9.17) is 33.2 Å². The Balaban J connectivity index is 1.63. The predicted octanol–water partition coefficient (Wildman–Crippen LogP) is 6.82. The molecule has 0 atom stereocenters. The van der Waals surface area contributed by atoms with E-state index in [2.05, 4.69) is 17.4 Å². The number of aryl methyl sites for hydroxylation is 2. The quantitative estimate of drug-likeness (QED) is 0.389. The van der Waals surface area contributed by atoms with Crippen LogP contribution in [0.1, 0.15) is 28.2 Å². The van der Waals surface area contributed by atoms with Crippen molar-refractivity contribution in [2.24, 2.45) is 0 Å². The molecule has 0 fully saturated rings. The molecule has 5 rings (SSSR count). The molecule has 0 bridgehead atoms. The Kier molecular flexibility index (Phi) is 4.71. The fourth-order valence-electron chi connectivity index (χ4n) is 3.71. The van der Waals surface area contributed by atoms with Crippen LogP contribution < -0.4 is 5.32 Å². The second-order valence-corrected chi connectivity index (χ2v) is 8.86. The van der Waals surface area contributed by atoms with Gasteiger partial charge in [-0.3, -0.25) is 0 Å². The zero-order chi connectivity index (χ0) is 19.1. The monoisotopic (exact) mass is 425 g/mol. The van der Waals surface area contributed by atoms with Gasteiger partial charge in [0.15, 0.2) is 0 Å². The van der Waals surface area contributed by atoms with Gasteiger partial charge in [-0.1, -0.05) is 53.5 Å². The Labute approximate surface area is 177 Å². The van der Waals surface area contributed by atoms with Gasteiger partial charge in [0.25, 0.3) is 0 Å². The van der Waals surface area contributed by atoms with E-state index in [1.807, 2.05) is 24.3 Å². The van der Waals surface area contributed by atoms with Crippen LogP contribution in [-0.4, -0.2) is 9.97 Å². The molecular weight excluding hydrogens is 409 g/mol. The fraction of sp³-hybridized carbons (Fsp3) is 0.182. The Hall–Kier alpha value is -2.14. The van der Waals surface area contributed by atoms with E-state index in [0.29, 0.717) is 16.5 Å². The Morgan fingerprint density at radius 3 is 2.71 bits per heavy atom. The van der Waals surface area contributed by atoms with Crippen LogP contribution in [0.15, 0.2) is 48.5 Å². The molecule has 0 aliphatic heterocycles. The van der Waals surface area contributed by atoms with Crippen LogP contribution in [0.3, 0.4) is 0 Å². The van der Waals surface area contributed by atoms with Crippen molar-refractivity contribution >= 4 is 56.3 Å². The summed E-state index contributed by atoms with van der Waals surface area (Å²) in [4.78, 5) is 12.3. The lowest BCUT2D eigenvalue weighted by Gasteiger charge is -2.12. The number of nitrogens with one attached hydrogen (secondary N) is 1. The van der Waals surface area contributed by atoms with Crippen molar-refractivity contribution in [1.29, 1.82) is 0 Å². The number of anilines is 2. The predicted molar refractivity (Wildman–Crippen MR) is 118 cm³/mol. The first kappa shape index (κ1) is 17.9. The molecule has 2 aromatic heterocycles. The number of aromatic nitrogens is 2. The van der Waals surface area contributed by atoms with Gasteiger partial charge in [0, 0.05) is 16.3 Å². The summed E-state index contributed by atoms with van der Waals surface area (Å²) >= 11 is 14.4. The molecule has 1 aliphatic rings. The maximum Gasteiger partial charge on any atom is 0.143 e. The summed E-state index contributed by atoms with van der Waals surface area (Å²) < 4.78 is 0. The lowest BCUT2D eigenvalue weighted by molar-refractivity contribution is 0.916. The molecule has 0 saturated carbocycles. The van der Waals surface area contributed by atoms with Crippen molar-refractivity contribution in [3.8, 4) is 0 Å². The molecule has 28 heavy (non-hydrogen) atoms. The molecule has 2 aromatic carbocycles. The van der Waals surface area contributed by atoms with E-state index >= 15 is 0 Å². The van der Waals surface area contributed by atoms with Crippen molar-refractivity contribution in [1.82, 2.24) is 9.97 Å². The molecular formula is C22H17Cl2N3S. The first-order valence-corrected chi connectivity index (χ1v) is 10.8. The van der Waals surface area contributed by atoms with E-state index in [1.165, 1.54) is 22.4 Å². The second-order valence-electron chi connectivity index (χ2n) is 6.94. The third kappa shape index (κ3) is 3.37. The highest BCUT2D eigenvalue weighted by Gasteiger charge is 2.23. The molecule has 0 unspecified atom stereocenters. The maximum atomic E-state index is 6.40. The normalized spacial score (nSPS) is 13.1. The summed E-state index contributed by atoms with van der Waals surface area (Å²) in [6, 6.07) is 15.7. The van der Waals surface area contributed by atoms with Gasteiger partial charge in [-0.2, -0.15) is 0 Å². The van der Waals surface area contributed by atoms with Crippen LogP contribution in [-0.2, 0) is 19.3 Å². The summed E-state index contributed by atoms with van der Waals surface area (Å²) in [5, 5.41) is 5.82. The largest absolute Gasteiger partial charge is 0.338 e. The summed E-state index contributed by atoms with van der Waals surface area (Å²) in [6.45, 7) is 0. The average molecular weight is 426 g/mol. The maximum absolute atomic E-state index is 6.40. The standard InChI is InChI=1S/C22H17Cl2N3S/c23-14-9-10-16(24)17(12-14)25-21-20-15-7-4-8-18(15)28-22(20)27-19(26-21)11-13-5-2-1-3-6-13/h1-3,5-6,9-10,12H,4,7-8,11H2,(H,25,26,27). The van der Waals surface area contributed by atoms with Gasteiger partial charge in [0.05, 0.1) is 16.1 Å². The van der Waals surface area contributed by atoms with Crippen molar-refractivity contribution < 1.29 is 0 Å². The molecule has 4 aromatic rings. The van der Waals surface area contributed by atoms with Crippen LogP contribution >= 0.6 is 34.5 Å². The van der Waals surface area contributed by atoms with Crippen LogP contribution in [0.2, 0.25) is 10.0 Å². The van der Waals surface area contributed by atoms with Gasteiger partial charge < -0.3 is 5.32 Å². The first-order chi connectivity index (χ1) is 13.7. The Morgan fingerprint density at radius 1 is 1.00 bits per heavy atom. The van der Waals surface area contributed by atoms with Gasteiger partial charge in [-0.05, 0) is 48.6 Å². The first-order valence-electron chi connectivity index (χ1n) is 9.24. The van der Waals surface area contributed by atoms with Crippen molar-refractivity contribution in [3.63, 3.8) is 0 Å². The van der Waals surface area contributed by atoms with Gasteiger partial charge in [-0.15, -0.1) is 11.3 Å². The lowest BCUT2D eigenvalue weighted by atomic mass is 10.1. The van der Waals surface area contributed by atoms with Gasteiger partial charge >= 0.3 is 0 Å². The van der Waals surface area contributed by atoms with Crippen LogP contribution in [0.25, 0.3) is 10.2 Å². The lowest BCUT2D eigenvalue weighted by Crippen LogP contribution is -2.03. The zero-order valence-corrected chi connectivity index (χ0v) is 17.3. The van der Waals surface area contributed by atoms with Gasteiger partial charge in [0.1, 0.15) is 16.5 Å². The zero-order valence-electron chi connectivity index (χ0n) is 15.0. The van der Waals surface area contributed by atoms with E-state index < -0.39 is 0 Å². The van der Waals surface area contributed by atoms with E-state index in [1.54, 1.807) is 23.5 Å². The smallest absolute Gasteiger partial charge is 0.143 e. The van der Waals surface area contributed by atoms with E-state index in [0.717, 1.165) is 40.4 Å². The highest BCUT2D eigenvalue weighted by molar-refractivity contribution is 7.19. The summed E-state index contributed by atoms with van der Waals surface area (Å²) in [7, 11) is 0. The molecule has 0 spiro atoms. The summed E-state index contributed by atoms with van der Waals surface area (Å²) in [5.74, 6) is 1.62. The minimum atomic E-state index is 0.618.